The molecule has 0 bridgehead atoms. The number of hydrogen-bond donors (Lipinski definition) is 0. The summed E-state index contributed by atoms with van der Waals surface area (Å²) in [6.45, 7) is 2.61. The van der Waals surface area contributed by atoms with E-state index in [-0.39, 0.29) is 0 Å². The first kappa shape index (κ1) is 10.7. The van der Waals surface area contributed by atoms with Crippen LogP contribution in [0.4, 0.5) is 0 Å². The van der Waals surface area contributed by atoms with Crippen LogP contribution in [0.5, 0.6) is 0 Å². The van der Waals surface area contributed by atoms with Crippen molar-refractivity contribution in [2.24, 2.45) is 5.41 Å². The number of Topliss-reactive ketones (excluding diaryl/α,β-unsaturated/α-hetero) is 1. The summed E-state index contributed by atoms with van der Waals surface area (Å²) in [5.41, 5.74) is 1.39. The van der Waals surface area contributed by atoms with Crippen LogP contribution >= 0.6 is 0 Å². The van der Waals surface area contributed by atoms with Crippen LogP contribution in [-0.4, -0.2) is 12.4 Å². The van der Waals surface area contributed by atoms with Gasteiger partial charge in [0.05, 0.1) is 12.9 Å². The fourth-order valence-corrected chi connectivity index (χ4v) is 2.97. The molecule has 0 amide bonds. The van der Waals surface area contributed by atoms with Crippen molar-refractivity contribution in [3.05, 3.63) is 11.8 Å². The second-order valence-electron chi connectivity index (χ2n) is 4.91. The Morgan fingerprint density at radius 1 is 1.33 bits per heavy atom. The van der Waals surface area contributed by atoms with Gasteiger partial charge in [-0.3, -0.25) is 4.79 Å². The van der Waals surface area contributed by atoms with Crippen molar-refractivity contribution in [2.75, 3.05) is 6.61 Å². The van der Waals surface area contributed by atoms with E-state index in [1.165, 1.54) is 25.7 Å². The van der Waals surface area contributed by atoms with Gasteiger partial charge < -0.3 is 4.74 Å². The standard InChI is InChI=1S/C13H20O2/c1-2-15-10-11-9-13(6-3-4-7-13)8-5-12(11)14/h10H,2-9H2,1H3/b11-10-. The Labute approximate surface area is 91.7 Å². The van der Waals surface area contributed by atoms with E-state index < -0.39 is 0 Å². The molecule has 2 fully saturated rings. The first-order valence-corrected chi connectivity index (χ1v) is 6.10. The summed E-state index contributed by atoms with van der Waals surface area (Å²) in [5, 5.41) is 0. The lowest BCUT2D eigenvalue weighted by Crippen LogP contribution is -2.26. The lowest BCUT2D eigenvalue weighted by Gasteiger charge is -2.33. The summed E-state index contributed by atoms with van der Waals surface area (Å²) in [4.78, 5) is 11.7. The van der Waals surface area contributed by atoms with E-state index in [0.29, 0.717) is 17.8 Å². The van der Waals surface area contributed by atoms with E-state index in [4.69, 9.17) is 4.74 Å². The molecule has 0 aliphatic heterocycles. The van der Waals surface area contributed by atoms with Crippen LogP contribution in [0.15, 0.2) is 11.8 Å². The molecular weight excluding hydrogens is 188 g/mol. The van der Waals surface area contributed by atoms with Crippen LogP contribution < -0.4 is 0 Å². The highest BCUT2D eigenvalue weighted by molar-refractivity contribution is 5.96. The third kappa shape index (κ3) is 2.24. The molecule has 84 valence electrons. The monoisotopic (exact) mass is 208 g/mol. The van der Waals surface area contributed by atoms with Gasteiger partial charge in [-0.2, -0.15) is 0 Å². The number of allylic oxidation sites excluding steroid dienone is 1. The summed E-state index contributed by atoms with van der Waals surface area (Å²) in [6.07, 6.45) is 9.82. The van der Waals surface area contributed by atoms with Gasteiger partial charge in [0.25, 0.3) is 0 Å². The molecule has 2 aliphatic rings. The normalized spacial score (nSPS) is 27.5. The van der Waals surface area contributed by atoms with Crippen molar-refractivity contribution in [1.82, 2.24) is 0 Å². The lowest BCUT2D eigenvalue weighted by atomic mass is 9.71. The number of carbonyl (C=O) groups excluding carboxylic acids is 1. The number of ether oxygens (including phenoxy) is 1. The number of ketones is 1. The summed E-state index contributed by atoms with van der Waals surface area (Å²) >= 11 is 0. The Bertz CT molecular complexity index is 272. The largest absolute Gasteiger partial charge is 0.501 e. The topological polar surface area (TPSA) is 26.3 Å². The summed E-state index contributed by atoms with van der Waals surface area (Å²) < 4.78 is 5.26. The summed E-state index contributed by atoms with van der Waals surface area (Å²) in [5.74, 6) is 0.306. The molecule has 0 saturated heterocycles. The zero-order valence-corrected chi connectivity index (χ0v) is 9.55. The minimum Gasteiger partial charge on any atom is -0.501 e. The van der Waals surface area contributed by atoms with E-state index >= 15 is 0 Å². The van der Waals surface area contributed by atoms with Crippen LogP contribution in [0.1, 0.15) is 51.9 Å². The van der Waals surface area contributed by atoms with Crippen LogP contribution in [0.25, 0.3) is 0 Å². The Morgan fingerprint density at radius 2 is 2.07 bits per heavy atom. The molecule has 0 aromatic heterocycles. The second-order valence-corrected chi connectivity index (χ2v) is 4.91. The van der Waals surface area contributed by atoms with Crippen LogP contribution in [-0.2, 0) is 9.53 Å². The molecule has 0 heterocycles. The van der Waals surface area contributed by atoms with E-state index in [1.807, 2.05) is 6.92 Å². The molecule has 1 spiro atoms. The number of rotatable bonds is 2. The molecule has 2 aliphatic carbocycles. The van der Waals surface area contributed by atoms with Crippen molar-refractivity contribution in [2.45, 2.75) is 51.9 Å². The van der Waals surface area contributed by atoms with Gasteiger partial charge in [0.1, 0.15) is 0 Å². The number of carbonyl (C=O) groups is 1. The maximum Gasteiger partial charge on any atom is 0.161 e. The first-order chi connectivity index (χ1) is 7.26. The second kappa shape index (κ2) is 4.38. The quantitative estimate of drug-likeness (QED) is 0.514. The lowest BCUT2D eigenvalue weighted by molar-refractivity contribution is -0.118. The zero-order valence-electron chi connectivity index (χ0n) is 9.55. The predicted molar refractivity (Wildman–Crippen MR) is 59.5 cm³/mol. The van der Waals surface area contributed by atoms with Gasteiger partial charge in [-0.15, -0.1) is 0 Å². The fraction of sp³-hybridized carbons (Fsp3) is 0.769. The minimum absolute atomic E-state index is 0.306. The highest BCUT2D eigenvalue weighted by Crippen LogP contribution is 2.49. The highest BCUT2D eigenvalue weighted by Gasteiger charge is 2.39. The van der Waals surface area contributed by atoms with Gasteiger partial charge in [0, 0.05) is 12.0 Å². The zero-order chi connectivity index (χ0) is 10.7. The van der Waals surface area contributed by atoms with Gasteiger partial charge in [-0.1, -0.05) is 12.8 Å². The third-order valence-corrected chi connectivity index (χ3v) is 3.86. The van der Waals surface area contributed by atoms with E-state index in [2.05, 4.69) is 0 Å². The van der Waals surface area contributed by atoms with Crippen molar-refractivity contribution in [1.29, 1.82) is 0 Å². The third-order valence-electron chi connectivity index (χ3n) is 3.86. The van der Waals surface area contributed by atoms with Crippen molar-refractivity contribution in [3.8, 4) is 0 Å². The Kier molecular flexibility index (Phi) is 3.13. The maximum atomic E-state index is 11.7. The average molecular weight is 208 g/mol. The van der Waals surface area contributed by atoms with Crippen LogP contribution in [0.2, 0.25) is 0 Å². The molecule has 0 aromatic rings. The van der Waals surface area contributed by atoms with E-state index in [1.54, 1.807) is 6.26 Å². The molecule has 0 atom stereocenters. The molecule has 2 rings (SSSR count). The minimum atomic E-state index is 0.306. The Morgan fingerprint density at radius 3 is 2.73 bits per heavy atom. The average Bonchev–Trinajstić information content (AvgIpc) is 2.69. The molecule has 0 N–H and O–H groups in total. The SMILES string of the molecule is CCO/C=C1/CC2(CCCC2)CCC1=O. The van der Waals surface area contributed by atoms with Gasteiger partial charge in [-0.05, 0) is 38.0 Å². The summed E-state index contributed by atoms with van der Waals surface area (Å²) in [6, 6.07) is 0. The molecule has 0 radical (unpaired) electrons. The van der Waals surface area contributed by atoms with Gasteiger partial charge in [0.15, 0.2) is 5.78 Å². The molecule has 2 saturated carbocycles. The van der Waals surface area contributed by atoms with Gasteiger partial charge in [0.2, 0.25) is 0 Å². The maximum absolute atomic E-state index is 11.7. The molecule has 0 unspecified atom stereocenters. The first-order valence-electron chi connectivity index (χ1n) is 6.10. The summed E-state index contributed by atoms with van der Waals surface area (Å²) in [7, 11) is 0. The Hall–Kier alpha value is -0.790. The molecular formula is C13H20O2. The van der Waals surface area contributed by atoms with Crippen molar-refractivity contribution in [3.63, 3.8) is 0 Å². The van der Waals surface area contributed by atoms with Crippen LogP contribution in [0, 0.1) is 5.41 Å². The number of hydrogen-bond acceptors (Lipinski definition) is 2. The predicted octanol–water partition coefficient (Wildman–Crippen LogP) is 3.22. The smallest absolute Gasteiger partial charge is 0.161 e. The fourth-order valence-electron chi connectivity index (χ4n) is 2.97. The van der Waals surface area contributed by atoms with E-state index in [0.717, 1.165) is 24.8 Å². The molecule has 0 aromatic carbocycles. The van der Waals surface area contributed by atoms with Gasteiger partial charge >= 0.3 is 0 Å². The highest BCUT2D eigenvalue weighted by atomic mass is 16.5. The van der Waals surface area contributed by atoms with Gasteiger partial charge in [-0.25, -0.2) is 0 Å². The molecule has 2 heteroatoms. The molecule has 15 heavy (non-hydrogen) atoms. The molecule has 2 nitrogen and oxygen atoms in total. The van der Waals surface area contributed by atoms with E-state index in [9.17, 15) is 4.79 Å². The van der Waals surface area contributed by atoms with Crippen LogP contribution in [0.3, 0.4) is 0 Å². The Balaban J connectivity index is 2.06. The van der Waals surface area contributed by atoms with Crippen molar-refractivity contribution >= 4 is 5.78 Å². The van der Waals surface area contributed by atoms with Crippen molar-refractivity contribution < 1.29 is 9.53 Å².